The van der Waals surface area contributed by atoms with E-state index in [0.717, 1.165) is 6.07 Å². The molecule has 32 heavy (non-hydrogen) atoms. The van der Waals surface area contributed by atoms with Crippen molar-refractivity contribution in [3.8, 4) is 21.8 Å². The highest BCUT2D eigenvalue weighted by Gasteiger charge is 2.45. The highest BCUT2D eigenvalue weighted by Crippen LogP contribution is 2.35. The van der Waals surface area contributed by atoms with Gasteiger partial charge in [0.15, 0.2) is 0 Å². The fourth-order valence-electron chi connectivity index (χ4n) is 2.71. The van der Waals surface area contributed by atoms with E-state index < -0.39 is 33.7 Å². The highest BCUT2D eigenvalue weighted by atomic mass is 35.5. The van der Waals surface area contributed by atoms with Crippen molar-refractivity contribution >= 4 is 32.8 Å². The molecule has 0 N–H and O–H groups in total. The molecule has 172 valence electrons. The number of hydrogen-bond donors (Lipinski definition) is 0. The molecule has 0 aliphatic rings. The molecule has 0 atom stereocenters. The third-order valence-corrected chi connectivity index (χ3v) is 6.87. The smallest absolute Gasteiger partial charge is 0.261 e. The molecule has 4 nitrogen and oxygen atoms in total. The van der Waals surface area contributed by atoms with Crippen LogP contribution in [0, 0.1) is 0 Å². The SMILES string of the molecule is O=S(=O)(Cc1ccc(-c2csc(-c3ccnc(CCC(F)(F)F)c3)n2)c(Cl)c1)C(F)(F)F. The maximum absolute atomic E-state index is 12.6. The van der Waals surface area contributed by atoms with Gasteiger partial charge in [-0.2, -0.15) is 26.3 Å². The summed E-state index contributed by atoms with van der Waals surface area (Å²) in [6.45, 7) is 0. The zero-order valence-electron chi connectivity index (χ0n) is 15.8. The molecule has 2 aromatic heterocycles. The van der Waals surface area contributed by atoms with E-state index in [1.165, 1.54) is 35.7 Å². The third-order valence-electron chi connectivity index (χ3n) is 4.25. The molecule has 13 heteroatoms. The second kappa shape index (κ2) is 8.99. The Bertz CT molecular complexity index is 1220. The quantitative estimate of drug-likeness (QED) is 0.354. The van der Waals surface area contributed by atoms with Crippen molar-refractivity contribution in [2.75, 3.05) is 0 Å². The van der Waals surface area contributed by atoms with Gasteiger partial charge in [-0.25, -0.2) is 13.4 Å². The van der Waals surface area contributed by atoms with Crippen LogP contribution < -0.4 is 0 Å². The van der Waals surface area contributed by atoms with Crippen molar-refractivity contribution in [2.45, 2.75) is 30.3 Å². The first-order valence-electron chi connectivity index (χ1n) is 8.80. The topological polar surface area (TPSA) is 59.9 Å². The first-order chi connectivity index (χ1) is 14.7. The van der Waals surface area contributed by atoms with Crippen LogP contribution >= 0.6 is 22.9 Å². The van der Waals surface area contributed by atoms with Gasteiger partial charge in [-0.1, -0.05) is 23.7 Å². The largest absolute Gasteiger partial charge is 0.497 e. The molecule has 0 saturated carbocycles. The number of nitrogens with zero attached hydrogens (tertiary/aromatic N) is 2. The van der Waals surface area contributed by atoms with Gasteiger partial charge in [0.25, 0.3) is 9.84 Å². The number of benzene rings is 1. The molecular weight excluding hydrogens is 502 g/mol. The molecule has 0 aliphatic carbocycles. The van der Waals surface area contributed by atoms with Gasteiger partial charge in [-0.15, -0.1) is 11.3 Å². The van der Waals surface area contributed by atoms with Crippen LogP contribution in [0.4, 0.5) is 26.3 Å². The maximum Gasteiger partial charge on any atom is 0.497 e. The fourth-order valence-corrected chi connectivity index (χ4v) is 4.60. The summed E-state index contributed by atoms with van der Waals surface area (Å²) in [5, 5.41) is 2.12. The van der Waals surface area contributed by atoms with Crippen molar-refractivity contribution < 1.29 is 34.8 Å². The third kappa shape index (κ3) is 5.99. The van der Waals surface area contributed by atoms with Crippen LogP contribution in [0.5, 0.6) is 0 Å². The number of sulfone groups is 1. The predicted octanol–water partition coefficient (Wildman–Crippen LogP) is 6.46. The van der Waals surface area contributed by atoms with Crippen LogP contribution in [0.25, 0.3) is 21.8 Å². The molecule has 3 aromatic rings. The maximum atomic E-state index is 12.6. The van der Waals surface area contributed by atoms with E-state index in [-0.39, 0.29) is 22.7 Å². The van der Waals surface area contributed by atoms with Gasteiger partial charge in [-0.3, -0.25) is 4.98 Å². The lowest BCUT2D eigenvalue weighted by Crippen LogP contribution is -2.24. The Morgan fingerprint density at radius 3 is 2.38 bits per heavy atom. The first-order valence-corrected chi connectivity index (χ1v) is 11.7. The average molecular weight is 515 g/mol. The Morgan fingerprint density at radius 2 is 1.75 bits per heavy atom. The van der Waals surface area contributed by atoms with E-state index in [2.05, 4.69) is 9.97 Å². The Labute approximate surface area is 187 Å². The van der Waals surface area contributed by atoms with E-state index in [9.17, 15) is 34.8 Å². The van der Waals surface area contributed by atoms with Crippen molar-refractivity contribution in [1.82, 2.24) is 9.97 Å². The van der Waals surface area contributed by atoms with E-state index in [4.69, 9.17) is 11.6 Å². The number of halogens is 7. The summed E-state index contributed by atoms with van der Waals surface area (Å²) in [5.74, 6) is -1.24. The van der Waals surface area contributed by atoms with Crippen molar-refractivity contribution in [1.29, 1.82) is 0 Å². The molecule has 0 aliphatic heterocycles. The Hall–Kier alpha value is -2.18. The normalized spacial score (nSPS) is 12.8. The Balaban J connectivity index is 1.82. The molecule has 1 aromatic carbocycles. The highest BCUT2D eigenvalue weighted by molar-refractivity contribution is 7.91. The Kier molecular flexibility index (Phi) is 6.87. The standard InChI is InChI=1S/C19H13ClF6N2O2S2/c20-15-7-11(10-32(29,30)19(24,25)26)1-2-14(15)16-9-31-17(28-16)12-4-6-27-13(8-12)3-5-18(21,22)23/h1-2,4,6-9H,3,5,10H2. The number of rotatable bonds is 6. The summed E-state index contributed by atoms with van der Waals surface area (Å²) in [7, 11) is -5.34. The van der Waals surface area contributed by atoms with E-state index in [0.29, 0.717) is 21.8 Å². The van der Waals surface area contributed by atoms with Crippen molar-refractivity contribution in [2.24, 2.45) is 0 Å². The van der Waals surface area contributed by atoms with Crippen LogP contribution in [0.2, 0.25) is 5.02 Å². The number of alkyl halides is 6. The van der Waals surface area contributed by atoms with Crippen LogP contribution in [0.15, 0.2) is 41.9 Å². The lowest BCUT2D eigenvalue weighted by molar-refractivity contribution is -0.134. The summed E-state index contributed by atoms with van der Waals surface area (Å²) in [5.41, 5.74) is -3.94. The number of aryl methyl sites for hydroxylation is 1. The minimum absolute atomic E-state index is 0.0114. The summed E-state index contributed by atoms with van der Waals surface area (Å²) in [6.07, 6.45) is -4.19. The molecule has 0 radical (unpaired) electrons. The number of aromatic nitrogens is 2. The van der Waals surface area contributed by atoms with Gasteiger partial charge in [0, 0.05) is 34.8 Å². The summed E-state index contributed by atoms with van der Waals surface area (Å²) >= 11 is 7.34. The Morgan fingerprint density at radius 1 is 1.03 bits per heavy atom. The zero-order chi connectivity index (χ0) is 23.7. The van der Waals surface area contributed by atoms with Gasteiger partial charge < -0.3 is 0 Å². The lowest BCUT2D eigenvalue weighted by atomic mass is 10.1. The average Bonchev–Trinajstić information content (AvgIpc) is 3.15. The van der Waals surface area contributed by atoms with E-state index in [1.54, 1.807) is 11.4 Å². The predicted molar refractivity (Wildman–Crippen MR) is 109 cm³/mol. The molecule has 0 saturated heterocycles. The van der Waals surface area contributed by atoms with Crippen LogP contribution in [-0.2, 0) is 22.0 Å². The van der Waals surface area contributed by atoms with E-state index >= 15 is 0 Å². The second-order valence-electron chi connectivity index (χ2n) is 6.71. The fraction of sp³-hybridized carbons (Fsp3) is 0.263. The van der Waals surface area contributed by atoms with Crippen LogP contribution in [-0.4, -0.2) is 30.1 Å². The monoisotopic (exact) mass is 514 g/mol. The summed E-state index contributed by atoms with van der Waals surface area (Å²) < 4.78 is 97.7. The van der Waals surface area contributed by atoms with Gasteiger partial charge in [0.2, 0.25) is 0 Å². The van der Waals surface area contributed by atoms with Crippen molar-refractivity contribution in [3.63, 3.8) is 0 Å². The summed E-state index contributed by atoms with van der Waals surface area (Å²) in [6, 6.07) is 6.79. The molecule has 3 rings (SSSR count). The number of pyridine rings is 1. The van der Waals surface area contributed by atoms with Gasteiger partial charge in [0.05, 0.1) is 16.5 Å². The van der Waals surface area contributed by atoms with Gasteiger partial charge in [0.1, 0.15) is 5.01 Å². The van der Waals surface area contributed by atoms with Gasteiger partial charge >= 0.3 is 11.7 Å². The molecule has 2 heterocycles. The first kappa shape index (κ1) is 24.5. The van der Waals surface area contributed by atoms with Crippen molar-refractivity contribution in [3.05, 3.63) is 58.2 Å². The minimum atomic E-state index is -5.37. The zero-order valence-corrected chi connectivity index (χ0v) is 18.2. The van der Waals surface area contributed by atoms with Gasteiger partial charge in [-0.05, 0) is 30.2 Å². The number of thiazole rings is 1. The van der Waals surface area contributed by atoms with Crippen LogP contribution in [0.3, 0.4) is 0 Å². The number of hydrogen-bond acceptors (Lipinski definition) is 5. The van der Waals surface area contributed by atoms with E-state index in [1.807, 2.05) is 0 Å². The molecule has 0 bridgehead atoms. The van der Waals surface area contributed by atoms with Crippen LogP contribution in [0.1, 0.15) is 17.7 Å². The molecule has 0 spiro atoms. The minimum Gasteiger partial charge on any atom is -0.261 e. The molecule has 0 fully saturated rings. The molecular formula is C19H13ClF6N2O2S2. The summed E-state index contributed by atoms with van der Waals surface area (Å²) in [4.78, 5) is 8.32. The second-order valence-corrected chi connectivity index (χ2v) is 9.95. The lowest BCUT2D eigenvalue weighted by Gasteiger charge is -2.09. The molecule has 0 unspecified atom stereocenters. The molecule has 0 amide bonds.